The van der Waals surface area contributed by atoms with Crippen LogP contribution in [0, 0.1) is 5.92 Å². The number of nitrogens with zero attached hydrogens (tertiary/aromatic N) is 1. The Hall–Kier alpha value is 0.110. The van der Waals surface area contributed by atoms with Crippen LogP contribution in [0.1, 0.15) is 40.5 Å². The second-order valence-electron chi connectivity index (χ2n) is 5.29. The Labute approximate surface area is 83.3 Å². The second-order valence-corrected chi connectivity index (χ2v) is 7.43. The van der Waals surface area contributed by atoms with Gasteiger partial charge in [0, 0.05) is 12.1 Å². The summed E-state index contributed by atoms with van der Waals surface area (Å²) in [5.74, 6) is 0.862. The quantitative estimate of drug-likeness (QED) is 0.625. The first-order chi connectivity index (χ1) is 5.93. The van der Waals surface area contributed by atoms with Crippen LogP contribution in [0.4, 0.5) is 0 Å². The highest BCUT2D eigenvalue weighted by molar-refractivity contribution is 7.84. The maximum atomic E-state index is 12.0. The molecule has 0 spiro atoms. The van der Waals surface area contributed by atoms with E-state index in [0.29, 0.717) is 12.1 Å². The Morgan fingerprint density at radius 2 is 1.85 bits per heavy atom. The smallest absolute Gasteiger partial charge is 0.100 e. The third kappa shape index (κ3) is 1.68. The molecule has 0 aromatic rings. The van der Waals surface area contributed by atoms with Gasteiger partial charge in [-0.25, -0.2) is 8.51 Å². The molecule has 13 heavy (non-hydrogen) atoms. The van der Waals surface area contributed by atoms with Crippen molar-refractivity contribution in [1.29, 1.82) is 0 Å². The van der Waals surface area contributed by atoms with Gasteiger partial charge in [-0.05, 0) is 46.5 Å². The molecule has 0 amide bonds. The van der Waals surface area contributed by atoms with Gasteiger partial charge in [0.25, 0.3) is 0 Å². The van der Waals surface area contributed by atoms with Gasteiger partial charge < -0.3 is 0 Å². The summed E-state index contributed by atoms with van der Waals surface area (Å²) < 4.78 is 14.1. The third-order valence-corrected chi connectivity index (χ3v) is 4.93. The van der Waals surface area contributed by atoms with Crippen molar-refractivity contribution in [2.24, 2.45) is 5.92 Å². The van der Waals surface area contributed by atoms with E-state index < -0.39 is 11.0 Å². The lowest BCUT2D eigenvalue weighted by Gasteiger charge is -2.18. The molecule has 1 aliphatic heterocycles. The van der Waals surface area contributed by atoms with Crippen LogP contribution in [0.5, 0.6) is 0 Å². The third-order valence-electron chi connectivity index (χ3n) is 2.92. The Morgan fingerprint density at radius 1 is 1.31 bits per heavy atom. The topological polar surface area (TPSA) is 20.1 Å². The first kappa shape index (κ1) is 9.66. The summed E-state index contributed by atoms with van der Waals surface area (Å²) in [5, 5.41) is 0. The highest BCUT2D eigenvalue weighted by Crippen LogP contribution is 2.48. The van der Waals surface area contributed by atoms with Gasteiger partial charge >= 0.3 is 0 Å². The molecule has 4 unspecified atom stereocenters. The first-order valence-electron chi connectivity index (χ1n) is 5.13. The molecule has 0 radical (unpaired) electrons. The maximum absolute atomic E-state index is 12.0. The first-order valence-corrected chi connectivity index (χ1v) is 6.24. The zero-order chi connectivity index (χ0) is 9.80. The van der Waals surface area contributed by atoms with Crippen molar-refractivity contribution in [2.45, 2.75) is 57.4 Å². The molecule has 4 atom stereocenters. The average Bonchev–Trinajstić information content (AvgIpc) is 2.79. The molecule has 1 heterocycles. The van der Waals surface area contributed by atoms with E-state index in [1.54, 1.807) is 0 Å². The van der Waals surface area contributed by atoms with Crippen LogP contribution in [0.15, 0.2) is 0 Å². The minimum Gasteiger partial charge on any atom is -0.242 e. The van der Waals surface area contributed by atoms with Crippen molar-refractivity contribution in [1.82, 2.24) is 4.31 Å². The fourth-order valence-corrected chi connectivity index (χ4v) is 3.54. The van der Waals surface area contributed by atoms with Crippen LogP contribution in [-0.2, 0) is 11.0 Å². The van der Waals surface area contributed by atoms with Gasteiger partial charge in [0.05, 0.1) is 4.75 Å². The Morgan fingerprint density at radius 3 is 2.23 bits per heavy atom. The van der Waals surface area contributed by atoms with Crippen molar-refractivity contribution in [2.75, 3.05) is 0 Å². The predicted octanol–water partition coefficient (Wildman–Crippen LogP) is 1.93. The summed E-state index contributed by atoms with van der Waals surface area (Å²) in [6, 6.07) is 1.20. The molecular weight excluding hydrogens is 182 g/mol. The molecule has 1 aliphatic carbocycles. The summed E-state index contributed by atoms with van der Waals surface area (Å²) in [4.78, 5) is 0. The van der Waals surface area contributed by atoms with Crippen LogP contribution >= 0.6 is 0 Å². The van der Waals surface area contributed by atoms with E-state index in [0.717, 1.165) is 5.92 Å². The van der Waals surface area contributed by atoms with Crippen LogP contribution in [0.2, 0.25) is 0 Å². The largest absolute Gasteiger partial charge is 0.242 e. The molecule has 3 heteroatoms. The standard InChI is InChI=1S/C10H19NOS/c1-7-9(8-5-6-8)11(7)13(12)10(2,3)4/h7-9H,5-6H2,1-4H3. The molecule has 2 rings (SSSR count). The number of rotatable bonds is 2. The van der Waals surface area contributed by atoms with Crippen LogP contribution in [0.25, 0.3) is 0 Å². The van der Waals surface area contributed by atoms with Gasteiger partial charge in [-0.2, -0.15) is 0 Å². The van der Waals surface area contributed by atoms with E-state index in [9.17, 15) is 4.21 Å². The summed E-state index contributed by atoms with van der Waals surface area (Å²) in [6.45, 7) is 8.36. The average molecular weight is 201 g/mol. The van der Waals surface area contributed by atoms with Gasteiger partial charge in [-0.15, -0.1) is 0 Å². The van der Waals surface area contributed by atoms with Crippen molar-refractivity contribution in [3.63, 3.8) is 0 Å². The molecule has 2 aliphatic rings. The molecule has 2 nitrogen and oxygen atoms in total. The van der Waals surface area contributed by atoms with E-state index in [1.807, 2.05) is 0 Å². The zero-order valence-electron chi connectivity index (χ0n) is 8.91. The molecule has 0 aromatic heterocycles. The normalized spacial score (nSPS) is 41.7. The van der Waals surface area contributed by atoms with Gasteiger partial charge in [-0.3, -0.25) is 0 Å². The molecule has 2 fully saturated rings. The number of hydrogen-bond acceptors (Lipinski definition) is 1. The molecule has 0 bridgehead atoms. The Bertz CT molecular complexity index is 242. The lowest BCUT2D eigenvalue weighted by atomic mass is 10.2. The van der Waals surface area contributed by atoms with Gasteiger partial charge in [0.1, 0.15) is 11.0 Å². The van der Waals surface area contributed by atoms with Crippen molar-refractivity contribution < 1.29 is 4.21 Å². The highest BCUT2D eigenvalue weighted by Gasteiger charge is 2.56. The molecular formula is C10H19NOS. The van der Waals surface area contributed by atoms with Crippen LogP contribution in [0.3, 0.4) is 0 Å². The Kier molecular flexibility index (Phi) is 2.08. The number of hydrogen-bond donors (Lipinski definition) is 0. The Balaban J connectivity index is 2.00. The fourth-order valence-electron chi connectivity index (χ4n) is 1.96. The minimum absolute atomic E-state index is 0.0854. The molecule has 0 aromatic carbocycles. The zero-order valence-corrected chi connectivity index (χ0v) is 9.73. The summed E-state index contributed by atoms with van der Waals surface area (Å²) >= 11 is 0. The fraction of sp³-hybridized carbons (Fsp3) is 1.00. The SMILES string of the molecule is CC1C(C2CC2)N1S(=O)C(C)(C)C. The van der Waals surface area contributed by atoms with Crippen molar-refractivity contribution in [3.05, 3.63) is 0 Å². The van der Waals surface area contributed by atoms with Crippen molar-refractivity contribution in [3.8, 4) is 0 Å². The van der Waals surface area contributed by atoms with E-state index >= 15 is 0 Å². The predicted molar refractivity (Wildman–Crippen MR) is 55.7 cm³/mol. The van der Waals surface area contributed by atoms with Crippen LogP contribution < -0.4 is 0 Å². The van der Waals surface area contributed by atoms with E-state index in [2.05, 4.69) is 32.0 Å². The molecule has 76 valence electrons. The van der Waals surface area contributed by atoms with Crippen molar-refractivity contribution >= 4 is 11.0 Å². The van der Waals surface area contributed by atoms with Gasteiger partial charge in [-0.1, -0.05) is 0 Å². The van der Waals surface area contributed by atoms with E-state index in [1.165, 1.54) is 12.8 Å². The second kappa shape index (κ2) is 2.80. The lowest BCUT2D eigenvalue weighted by Crippen LogP contribution is -2.28. The summed E-state index contributed by atoms with van der Waals surface area (Å²) in [5.41, 5.74) is 0. The highest BCUT2D eigenvalue weighted by atomic mass is 32.2. The molecule has 1 saturated carbocycles. The molecule has 0 N–H and O–H groups in total. The van der Waals surface area contributed by atoms with E-state index in [-0.39, 0.29) is 4.75 Å². The van der Waals surface area contributed by atoms with Gasteiger partial charge in [0.15, 0.2) is 0 Å². The molecule has 1 saturated heterocycles. The maximum Gasteiger partial charge on any atom is 0.100 e. The monoisotopic (exact) mass is 201 g/mol. The summed E-state index contributed by atoms with van der Waals surface area (Å²) in [7, 11) is -0.785. The van der Waals surface area contributed by atoms with Crippen LogP contribution in [-0.4, -0.2) is 25.3 Å². The van der Waals surface area contributed by atoms with E-state index in [4.69, 9.17) is 0 Å². The lowest BCUT2D eigenvalue weighted by molar-refractivity contribution is 0.588. The van der Waals surface area contributed by atoms with Gasteiger partial charge in [0.2, 0.25) is 0 Å². The minimum atomic E-state index is -0.785. The summed E-state index contributed by atoms with van der Waals surface area (Å²) in [6.07, 6.45) is 2.71.